The first-order chi connectivity index (χ1) is 15.9. The minimum Gasteiger partial charge on any atom is -0.504 e. The van der Waals surface area contributed by atoms with Crippen LogP contribution in [0.1, 0.15) is 71.7 Å². The zero-order valence-electron chi connectivity index (χ0n) is 20.5. The standard InChI is InChI=1S/C22H33N5O5S2/c1-8-27(9-2)34(29,30)21-17(28)15(12-33-21)23-19-20(26-32-25-19)24-18(22(5,6)7)16-10-14(11-31-16)13(3)4/h10-13,18,28H,8-9H2,1-7H3,(H,23,25)(H,24,26)/t18-/m0/s1. The summed E-state index contributed by atoms with van der Waals surface area (Å²) in [6, 6.07) is 1.76. The van der Waals surface area contributed by atoms with Crippen LogP contribution in [0.4, 0.5) is 17.3 Å². The Kier molecular flexibility index (Phi) is 7.63. The van der Waals surface area contributed by atoms with Crippen molar-refractivity contribution in [1.29, 1.82) is 0 Å². The summed E-state index contributed by atoms with van der Waals surface area (Å²) in [7, 11) is -3.80. The summed E-state index contributed by atoms with van der Waals surface area (Å²) in [5.74, 6) is 1.22. The lowest BCUT2D eigenvalue weighted by Gasteiger charge is -2.29. The van der Waals surface area contributed by atoms with Crippen molar-refractivity contribution >= 4 is 38.7 Å². The Morgan fingerprint density at radius 3 is 2.38 bits per heavy atom. The lowest BCUT2D eigenvalue weighted by Crippen LogP contribution is -2.30. The van der Waals surface area contributed by atoms with Gasteiger partial charge in [-0.3, -0.25) is 0 Å². The van der Waals surface area contributed by atoms with Gasteiger partial charge in [0.2, 0.25) is 11.6 Å². The third-order valence-electron chi connectivity index (χ3n) is 5.49. The molecule has 3 aromatic rings. The van der Waals surface area contributed by atoms with Crippen LogP contribution < -0.4 is 10.6 Å². The molecule has 0 saturated carbocycles. The van der Waals surface area contributed by atoms with E-state index >= 15 is 0 Å². The van der Waals surface area contributed by atoms with E-state index in [0.29, 0.717) is 24.8 Å². The van der Waals surface area contributed by atoms with E-state index in [9.17, 15) is 13.5 Å². The Morgan fingerprint density at radius 2 is 1.82 bits per heavy atom. The van der Waals surface area contributed by atoms with Crippen LogP contribution in [0.25, 0.3) is 0 Å². The third-order valence-corrected chi connectivity index (χ3v) is 9.03. The molecule has 1 atom stereocenters. The molecule has 0 bridgehead atoms. The molecular weight excluding hydrogens is 478 g/mol. The van der Waals surface area contributed by atoms with Gasteiger partial charge in [0.15, 0.2) is 9.96 Å². The lowest BCUT2D eigenvalue weighted by molar-refractivity contribution is 0.294. The summed E-state index contributed by atoms with van der Waals surface area (Å²) in [6.45, 7) is 14.5. The molecule has 0 spiro atoms. The van der Waals surface area contributed by atoms with Gasteiger partial charge >= 0.3 is 0 Å². The number of nitrogens with one attached hydrogen (secondary N) is 2. The lowest BCUT2D eigenvalue weighted by atomic mass is 9.85. The van der Waals surface area contributed by atoms with Gasteiger partial charge in [0.1, 0.15) is 5.76 Å². The first kappa shape index (κ1) is 26.0. The number of nitrogens with zero attached hydrogens (tertiary/aromatic N) is 3. The molecule has 10 nitrogen and oxygen atoms in total. The number of rotatable bonds is 10. The second-order valence-electron chi connectivity index (χ2n) is 9.34. The topological polar surface area (TPSA) is 134 Å². The van der Waals surface area contributed by atoms with Crippen LogP contribution in [-0.2, 0) is 10.0 Å². The van der Waals surface area contributed by atoms with Crippen LogP contribution >= 0.6 is 11.3 Å². The monoisotopic (exact) mass is 511 g/mol. The predicted molar refractivity (Wildman–Crippen MR) is 132 cm³/mol. The van der Waals surface area contributed by atoms with Crippen LogP contribution in [0.2, 0.25) is 0 Å². The molecular formula is C22H33N5O5S2. The maximum atomic E-state index is 12.8. The highest BCUT2D eigenvalue weighted by Gasteiger charge is 2.32. The number of thiophene rings is 1. The van der Waals surface area contributed by atoms with Gasteiger partial charge in [-0.15, -0.1) is 11.3 Å². The van der Waals surface area contributed by atoms with Crippen molar-refractivity contribution in [3.05, 3.63) is 29.0 Å². The van der Waals surface area contributed by atoms with E-state index in [1.54, 1.807) is 20.1 Å². The number of hydrogen-bond donors (Lipinski definition) is 3. The Labute approximate surface area is 204 Å². The van der Waals surface area contributed by atoms with E-state index in [-0.39, 0.29) is 32.9 Å². The van der Waals surface area contributed by atoms with Crippen molar-refractivity contribution in [1.82, 2.24) is 14.6 Å². The highest BCUT2D eigenvalue weighted by atomic mass is 32.2. The van der Waals surface area contributed by atoms with Gasteiger partial charge in [-0.1, -0.05) is 48.5 Å². The molecule has 3 rings (SSSR count). The third kappa shape index (κ3) is 5.23. The number of furan rings is 1. The van der Waals surface area contributed by atoms with Gasteiger partial charge in [-0.05, 0) is 33.3 Å². The van der Waals surface area contributed by atoms with Crippen molar-refractivity contribution in [3.8, 4) is 5.75 Å². The first-order valence-electron chi connectivity index (χ1n) is 11.1. The van der Waals surface area contributed by atoms with Gasteiger partial charge < -0.3 is 20.2 Å². The van der Waals surface area contributed by atoms with E-state index in [1.165, 1.54) is 9.69 Å². The van der Waals surface area contributed by atoms with Crippen molar-refractivity contribution in [2.45, 2.75) is 64.6 Å². The van der Waals surface area contributed by atoms with E-state index in [0.717, 1.165) is 22.7 Å². The van der Waals surface area contributed by atoms with E-state index in [1.807, 2.05) is 6.07 Å². The average molecular weight is 512 g/mol. The van der Waals surface area contributed by atoms with Gasteiger partial charge in [0, 0.05) is 18.5 Å². The molecule has 0 aliphatic heterocycles. The van der Waals surface area contributed by atoms with Crippen molar-refractivity contribution < 1.29 is 22.6 Å². The van der Waals surface area contributed by atoms with Crippen molar-refractivity contribution in [2.75, 3.05) is 23.7 Å². The largest absolute Gasteiger partial charge is 0.504 e. The first-order valence-corrected chi connectivity index (χ1v) is 13.5. The second kappa shape index (κ2) is 9.96. The summed E-state index contributed by atoms with van der Waals surface area (Å²) in [6.07, 6.45) is 1.75. The fraction of sp³-hybridized carbons (Fsp3) is 0.545. The second-order valence-corrected chi connectivity index (χ2v) is 12.4. The smallest absolute Gasteiger partial charge is 0.256 e. The van der Waals surface area contributed by atoms with Crippen LogP contribution in [0.3, 0.4) is 0 Å². The zero-order valence-corrected chi connectivity index (χ0v) is 22.2. The minimum absolute atomic E-state index is 0.131. The molecule has 188 valence electrons. The zero-order chi connectivity index (χ0) is 25.3. The van der Waals surface area contributed by atoms with E-state index < -0.39 is 10.0 Å². The number of anilines is 3. The molecule has 0 fully saturated rings. The normalized spacial score (nSPS) is 13.6. The van der Waals surface area contributed by atoms with E-state index in [2.05, 4.69) is 55.6 Å². The number of aromatic hydroxyl groups is 1. The molecule has 3 N–H and O–H groups in total. The summed E-state index contributed by atoms with van der Waals surface area (Å²) in [5.41, 5.74) is 1.03. The van der Waals surface area contributed by atoms with Crippen LogP contribution in [0.15, 0.2) is 31.0 Å². The van der Waals surface area contributed by atoms with Gasteiger partial charge in [0.25, 0.3) is 10.0 Å². The maximum Gasteiger partial charge on any atom is 0.256 e. The number of aromatic nitrogens is 2. The molecule has 0 radical (unpaired) electrons. The average Bonchev–Trinajstić information content (AvgIpc) is 3.47. The molecule has 12 heteroatoms. The molecule has 0 unspecified atom stereocenters. The highest BCUT2D eigenvalue weighted by molar-refractivity contribution is 7.91. The van der Waals surface area contributed by atoms with Crippen LogP contribution in [0, 0.1) is 5.41 Å². The molecule has 0 aliphatic rings. The fourth-order valence-corrected chi connectivity index (χ4v) is 6.29. The van der Waals surface area contributed by atoms with Crippen LogP contribution in [-0.4, -0.2) is 41.2 Å². The highest BCUT2D eigenvalue weighted by Crippen LogP contribution is 2.42. The molecule has 3 heterocycles. The molecule has 0 aliphatic carbocycles. The molecule has 0 aromatic carbocycles. The van der Waals surface area contributed by atoms with Gasteiger partial charge in [0.05, 0.1) is 18.0 Å². The van der Waals surface area contributed by atoms with E-state index in [4.69, 9.17) is 9.05 Å². The SMILES string of the molecule is CCN(CC)S(=O)(=O)c1scc(Nc2nonc2N[C@@H](c2cc(C(C)C)co2)C(C)(C)C)c1O. The molecule has 0 saturated heterocycles. The minimum atomic E-state index is -3.80. The number of hydrogen-bond acceptors (Lipinski definition) is 10. The molecule has 34 heavy (non-hydrogen) atoms. The quantitative estimate of drug-likeness (QED) is 0.321. The summed E-state index contributed by atoms with van der Waals surface area (Å²) < 4.78 is 37.6. The van der Waals surface area contributed by atoms with Gasteiger partial charge in [-0.2, -0.15) is 4.31 Å². The fourth-order valence-electron chi connectivity index (χ4n) is 3.45. The summed E-state index contributed by atoms with van der Waals surface area (Å²) in [4.78, 5) is 0. The summed E-state index contributed by atoms with van der Waals surface area (Å²) in [5, 5.41) is 26.3. The van der Waals surface area contributed by atoms with Crippen molar-refractivity contribution in [2.24, 2.45) is 5.41 Å². The van der Waals surface area contributed by atoms with Crippen molar-refractivity contribution in [3.63, 3.8) is 0 Å². The van der Waals surface area contributed by atoms with Crippen LogP contribution in [0.5, 0.6) is 5.75 Å². The van der Waals surface area contributed by atoms with Gasteiger partial charge in [-0.25, -0.2) is 13.0 Å². The molecule has 3 aromatic heterocycles. The Hall–Kier alpha value is -2.57. The predicted octanol–water partition coefficient (Wildman–Crippen LogP) is 5.53. The Bertz CT molecular complexity index is 1200. The summed E-state index contributed by atoms with van der Waals surface area (Å²) >= 11 is 0.934. The maximum absolute atomic E-state index is 12.8. The molecule has 0 amide bonds. The Balaban J connectivity index is 1.88. The number of sulfonamides is 1. The Morgan fingerprint density at radius 1 is 1.18 bits per heavy atom.